The second-order valence-electron chi connectivity index (χ2n) is 18.3. The number of fused-ring (bicyclic) bond motifs is 3. The van der Waals surface area contributed by atoms with Crippen molar-refractivity contribution in [1.82, 2.24) is 25.2 Å². The number of nitrogens with zero attached hydrogens (tertiary/aromatic N) is 2. The van der Waals surface area contributed by atoms with Crippen molar-refractivity contribution in [1.29, 1.82) is 0 Å². The first-order valence-electron chi connectivity index (χ1n) is 21.8. The fourth-order valence-corrected chi connectivity index (χ4v) is 10.6. The largest absolute Gasteiger partial charge is 0.496 e. The number of carbonyl (C=O) groups excluding carboxylic acids is 4. The molecule has 4 amide bonds. The van der Waals surface area contributed by atoms with Crippen molar-refractivity contribution in [3.8, 4) is 23.1 Å². The predicted molar refractivity (Wildman–Crippen MR) is 230 cm³/mol. The van der Waals surface area contributed by atoms with Gasteiger partial charge >= 0.3 is 6.09 Å². The number of pyridine rings is 1. The minimum atomic E-state index is -3.93. The third kappa shape index (κ3) is 9.35. The topological polar surface area (TPSA) is 192 Å². The van der Waals surface area contributed by atoms with Crippen LogP contribution >= 0.6 is 0 Å². The number of nitrogens with one attached hydrogen (secondary N) is 3. The Labute approximate surface area is 362 Å². The van der Waals surface area contributed by atoms with E-state index in [1.54, 1.807) is 13.2 Å². The summed E-state index contributed by atoms with van der Waals surface area (Å²) in [4.78, 5) is 63.3. The lowest BCUT2D eigenvalue weighted by molar-refractivity contribution is -0.142. The number of sulfonamides is 1. The average Bonchev–Trinajstić information content (AvgIpc) is 4.19. The SMILES string of the molecule is C=C[C@@H]1C[C@]1(NC(=O)[C@@H]1C[C@@H]2CN1C(=O)[C@H](C1CCCCC1)NC(=O)OCC(C)(C)CCCc1cc3c(cc(Oc4ccccc4)nc3cc1OC)O2)C(=O)NS(=O)(=O)C1CC1. The number of hydrogen-bond donors (Lipinski definition) is 3. The van der Waals surface area contributed by atoms with E-state index < -0.39 is 74.1 Å². The summed E-state index contributed by atoms with van der Waals surface area (Å²) in [6.45, 7) is 7.97. The Hall–Kier alpha value is -5.38. The number of alkyl carbamates (subject to hydrolysis) is 1. The first kappa shape index (κ1) is 43.3. The zero-order chi connectivity index (χ0) is 43.8. The molecule has 3 saturated carbocycles. The highest BCUT2D eigenvalue weighted by molar-refractivity contribution is 7.91. The minimum absolute atomic E-state index is 0.0200. The van der Waals surface area contributed by atoms with Gasteiger partial charge in [-0.15, -0.1) is 6.58 Å². The summed E-state index contributed by atoms with van der Waals surface area (Å²) >= 11 is 0. The number of para-hydroxylation sites is 1. The van der Waals surface area contributed by atoms with Gasteiger partial charge in [0, 0.05) is 29.9 Å². The first-order valence-corrected chi connectivity index (χ1v) is 23.4. The zero-order valence-electron chi connectivity index (χ0n) is 35.7. The molecule has 2 aromatic carbocycles. The van der Waals surface area contributed by atoms with Gasteiger partial charge in [-0.05, 0) is 86.5 Å². The molecule has 5 atom stereocenters. The van der Waals surface area contributed by atoms with E-state index in [1.807, 2.05) is 56.3 Å². The number of ether oxygens (including phenoxy) is 4. The van der Waals surface area contributed by atoms with E-state index in [4.69, 9.17) is 23.9 Å². The van der Waals surface area contributed by atoms with Crippen molar-refractivity contribution in [2.45, 2.75) is 120 Å². The average molecular weight is 872 g/mol. The van der Waals surface area contributed by atoms with Crippen LogP contribution < -0.4 is 29.6 Å². The van der Waals surface area contributed by atoms with Gasteiger partial charge < -0.3 is 34.5 Å². The van der Waals surface area contributed by atoms with Crippen LogP contribution in [0.4, 0.5) is 4.79 Å². The maximum absolute atomic E-state index is 15.1. The number of benzene rings is 2. The third-order valence-electron chi connectivity index (χ3n) is 13.1. The molecule has 3 aromatic rings. The number of hydrogen-bond acceptors (Lipinski definition) is 11. The molecule has 5 aliphatic rings. The van der Waals surface area contributed by atoms with Crippen LogP contribution in [0.2, 0.25) is 0 Å². The molecule has 0 unspecified atom stereocenters. The monoisotopic (exact) mass is 871 g/mol. The van der Waals surface area contributed by atoms with Crippen molar-refractivity contribution >= 4 is 44.7 Å². The Morgan fingerprint density at radius 2 is 1.79 bits per heavy atom. The summed E-state index contributed by atoms with van der Waals surface area (Å²) < 4.78 is 52.7. The smallest absolute Gasteiger partial charge is 0.407 e. The summed E-state index contributed by atoms with van der Waals surface area (Å²) in [5.74, 6) is -0.810. The Bertz CT molecular complexity index is 2330. The lowest BCUT2D eigenvalue weighted by atomic mass is 9.83. The Balaban J connectivity index is 1.18. The molecular weight excluding hydrogens is 815 g/mol. The van der Waals surface area contributed by atoms with Crippen LogP contribution in [0.5, 0.6) is 23.1 Å². The van der Waals surface area contributed by atoms with Crippen LogP contribution in [0, 0.1) is 17.3 Å². The quantitative estimate of drug-likeness (QED) is 0.200. The van der Waals surface area contributed by atoms with Crippen molar-refractivity contribution in [2.24, 2.45) is 17.3 Å². The van der Waals surface area contributed by atoms with Crippen LogP contribution in [-0.4, -0.2) is 91.4 Å². The van der Waals surface area contributed by atoms with Gasteiger partial charge in [0.1, 0.15) is 41.0 Å². The molecule has 4 bridgehead atoms. The highest BCUT2D eigenvalue weighted by Crippen LogP contribution is 2.46. The van der Waals surface area contributed by atoms with E-state index in [0.29, 0.717) is 60.3 Å². The molecule has 0 spiro atoms. The lowest BCUT2D eigenvalue weighted by Gasteiger charge is -2.35. The van der Waals surface area contributed by atoms with Crippen molar-refractivity contribution < 1.29 is 46.5 Å². The second kappa shape index (κ2) is 17.4. The molecule has 62 heavy (non-hydrogen) atoms. The van der Waals surface area contributed by atoms with E-state index in [9.17, 15) is 22.8 Å². The van der Waals surface area contributed by atoms with E-state index in [1.165, 1.54) is 11.0 Å². The molecule has 0 radical (unpaired) electrons. The fraction of sp³-hybridized carbons (Fsp3) is 0.543. The van der Waals surface area contributed by atoms with E-state index in [-0.39, 0.29) is 37.8 Å². The Morgan fingerprint density at radius 1 is 1.03 bits per heavy atom. The van der Waals surface area contributed by atoms with Gasteiger partial charge in [-0.3, -0.25) is 19.1 Å². The molecule has 2 aliphatic heterocycles. The maximum Gasteiger partial charge on any atom is 0.407 e. The summed E-state index contributed by atoms with van der Waals surface area (Å²) in [6, 6.07) is 12.6. The molecule has 3 heterocycles. The number of rotatable bonds is 10. The van der Waals surface area contributed by atoms with Gasteiger partial charge in [-0.25, -0.2) is 18.2 Å². The molecule has 8 rings (SSSR count). The Morgan fingerprint density at radius 3 is 2.48 bits per heavy atom. The van der Waals surface area contributed by atoms with Gasteiger partial charge in [0.05, 0.1) is 31.0 Å². The number of methoxy groups -OCH3 is 1. The van der Waals surface area contributed by atoms with Gasteiger partial charge in [-0.2, -0.15) is 0 Å². The van der Waals surface area contributed by atoms with Crippen LogP contribution in [0.15, 0.2) is 61.2 Å². The van der Waals surface area contributed by atoms with Crippen molar-refractivity contribution in [3.05, 3.63) is 66.7 Å². The molecule has 332 valence electrons. The minimum Gasteiger partial charge on any atom is -0.496 e. The highest BCUT2D eigenvalue weighted by Gasteiger charge is 2.62. The number of amides is 4. The molecule has 15 nitrogen and oxygen atoms in total. The van der Waals surface area contributed by atoms with Gasteiger partial charge in [0.2, 0.25) is 27.7 Å². The standard InChI is InChI=1S/C46H57N5O10S/c1-5-30-25-46(30,43(54)50-62(56,57)33-18-19-33)49-41(52)36-22-32-26-51(36)42(53)40(28-13-8-6-9-14-28)48-44(55)59-27-45(2,3)20-12-15-29-21-34-35(23-37(29)58-4)47-39(24-38(34)60-32)61-31-16-10-7-11-17-31/h5,7,10-11,16-17,21,23-24,28,30,32-33,36,40H,1,6,8-9,12-15,18-20,22,25-27H2,2-4H3,(H,48,55)(H,49,52)(H,50,54)/t30-,32-,36+,40+,46-/m1/s1. The number of carbonyl (C=O) groups is 4. The normalized spacial score (nSPS) is 26.9. The molecule has 3 N–H and O–H groups in total. The van der Waals surface area contributed by atoms with Gasteiger partial charge in [0.25, 0.3) is 5.91 Å². The van der Waals surface area contributed by atoms with Crippen molar-refractivity contribution in [3.63, 3.8) is 0 Å². The van der Waals surface area contributed by atoms with Crippen molar-refractivity contribution in [2.75, 3.05) is 20.3 Å². The first-order chi connectivity index (χ1) is 29.7. The van der Waals surface area contributed by atoms with Gasteiger partial charge in [-0.1, -0.05) is 57.4 Å². The number of aromatic nitrogens is 1. The zero-order valence-corrected chi connectivity index (χ0v) is 36.5. The molecular formula is C46H57N5O10S. The second-order valence-corrected chi connectivity index (χ2v) is 20.3. The molecule has 16 heteroatoms. The van der Waals surface area contributed by atoms with E-state index in [2.05, 4.69) is 21.9 Å². The summed E-state index contributed by atoms with van der Waals surface area (Å²) in [6.07, 6.45) is 7.44. The van der Waals surface area contributed by atoms with Crippen LogP contribution in [-0.2, 0) is 35.6 Å². The molecule has 1 saturated heterocycles. The number of cyclic esters (lactones) is 1. The highest BCUT2D eigenvalue weighted by atomic mass is 32.2. The molecule has 4 fully saturated rings. The number of aryl methyl sites for hydroxylation is 1. The van der Waals surface area contributed by atoms with E-state index >= 15 is 4.79 Å². The summed E-state index contributed by atoms with van der Waals surface area (Å²) in [5, 5.41) is 5.81. The predicted octanol–water partition coefficient (Wildman–Crippen LogP) is 6.09. The lowest BCUT2D eigenvalue weighted by Crippen LogP contribution is -2.59. The van der Waals surface area contributed by atoms with E-state index in [0.717, 1.165) is 37.7 Å². The molecule has 3 aliphatic carbocycles. The third-order valence-corrected chi connectivity index (χ3v) is 14.9. The molecule has 1 aromatic heterocycles. The summed E-state index contributed by atoms with van der Waals surface area (Å²) in [5.41, 5.74) is -0.494. The van der Waals surface area contributed by atoms with Crippen LogP contribution in [0.25, 0.3) is 10.9 Å². The fourth-order valence-electron chi connectivity index (χ4n) is 9.25. The van der Waals surface area contributed by atoms with Gasteiger partial charge in [0.15, 0.2) is 0 Å². The van der Waals surface area contributed by atoms with Crippen LogP contribution in [0.1, 0.15) is 90.0 Å². The van der Waals surface area contributed by atoms with Crippen LogP contribution in [0.3, 0.4) is 0 Å². The summed E-state index contributed by atoms with van der Waals surface area (Å²) in [7, 11) is -2.32. The Kier molecular flexibility index (Phi) is 12.2. The maximum atomic E-state index is 15.1.